The minimum absolute atomic E-state index is 0.0565. The molecule has 0 saturated carbocycles. The van der Waals surface area contributed by atoms with E-state index in [0.29, 0.717) is 5.56 Å². The summed E-state index contributed by atoms with van der Waals surface area (Å²) in [4.78, 5) is 31.6. The van der Waals surface area contributed by atoms with Gasteiger partial charge in [0.2, 0.25) is 0 Å². The van der Waals surface area contributed by atoms with Crippen LogP contribution in [0.5, 0.6) is 0 Å². The molecular weight excluding hydrogens is 374 g/mol. The van der Waals surface area contributed by atoms with Crippen LogP contribution in [0.2, 0.25) is 5.15 Å². The molecule has 28 heavy (non-hydrogen) atoms. The van der Waals surface area contributed by atoms with E-state index in [0.717, 1.165) is 60.7 Å². The molecular formula is C21H20ClN5O. The van der Waals surface area contributed by atoms with Gasteiger partial charge in [-0.2, -0.15) is 0 Å². The third-order valence-electron chi connectivity index (χ3n) is 4.83. The standard InChI is InChI=1S/C21H20ClN5O/c1-14-23-8-6-17(26-14)3-4-18-11-15(5-7-24-18)16-12-19(20(22)25-13-16)21(28)27-9-2-10-27/h5-8,11-13H,2-4,9-10H2,1H3. The van der Waals surface area contributed by atoms with Crippen LogP contribution in [-0.2, 0) is 12.8 Å². The van der Waals surface area contributed by atoms with Gasteiger partial charge in [0.05, 0.1) is 5.56 Å². The molecule has 0 aliphatic carbocycles. The largest absolute Gasteiger partial charge is 0.338 e. The predicted octanol–water partition coefficient (Wildman–Crippen LogP) is 3.53. The lowest BCUT2D eigenvalue weighted by Gasteiger charge is -2.31. The molecule has 7 heteroatoms. The van der Waals surface area contributed by atoms with Crippen LogP contribution in [0, 0.1) is 6.92 Å². The normalized spacial score (nSPS) is 13.3. The molecule has 3 aromatic rings. The van der Waals surface area contributed by atoms with Gasteiger partial charge in [-0.05, 0) is 56.0 Å². The monoisotopic (exact) mass is 393 g/mol. The number of amides is 1. The van der Waals surface area contributed by atoms with Crippen LogP contribution >= 0.6 is 11.6 Å². The highest BCUT2D eigenvalue weighted by atomic mass is 35.5. The zero-order valence-corrected chi connectivity index (χ0v) is 16.4. The Morgan fingerprint density at radius 3 is 2.57 bits per heavy atom. The minimum Gasteiger partial charge on any atom is -0.338 e. The molecule has 6 nitrogen and oxygen atoms in total. The summed E-state index contributed by atoms with van der Waals surface area (Å²) in [6, 6.07) is 7.69. The molecule has 1 fully saturated rings. The van der Waals surface area contributed by atoms with Crippen molar-refractivity contribution in [3.63, 3.8) is 0 Å². The number of aromatic nitrogens is 4. The third kappa shape index (κ3) is 4.02. The SMILES string of the molecule is Cc1nccc(CCc2cc(-c3cnc(Cl)c(C(=O)N4CCC4)c3)ccn2)n1. The maximum absolute atomic E-state index is 12.6. The first-order valence-corrected chi connectivity index (χ1v) is 9.66. The molecule has 142 valence electrons. The Hall–Kier alpha value is -2.86. The molecule has 1 aliphatic heterocycles. The zero-order valence-electron chi connectivity index (χ0n) is 15.6. The Balaban J connectivity index is 1.54. The van der Waals surface area contributed by atoms with Crippen molar-refractivity contribution < 1.29 is 4.79 Å². The van der Waals surface area contributed by atoms with Crippen molar-refractivity contribution in [2.45, 2.75) is 26.2 Å². The minimum atomic E-state index is -0.0565. The Morgan fingerprint density at radius 2 is 1.82 bits per heavy atom. The maximum atomic E-state index is 12.6. The first-order valence-electron chi connectivity index (χ1n) is 9.29. The molecule has 1 saturated heterocycles. The molecule has 4 heterocycles. The number of carbonyl (C=O) groups excluding carboxylic acids is 1. The number of nitrogens with zero attached hydrogens (tertiary/aromatic N) is 5. The summed E-state index contributed by atoms with van der Waals surface area (Å²) in [5.41, 5.74) is 4.23. The van der Waals surface area contributed by atoms with E-state index < -0.39 is 0 Å². The lowest BCUT2D eigenvalue weighted by atomic mass is 10.0. The van der Waals surface area contributed by atoms with E-state index in [-0.39, 0.29) is 11.1 Å². The molecule has 0 spiro atoms. The van der Waals surface area contributed by atoms with Gasteiger partial charge >= 0.3 is 0 Å². The highest BCUT2D eigenvalue weighted by Gasteiger charge is 2.24. The Kier molecular flexibility index (Phi) is 5.30. The first kappa shape index (κ1) is 18.5. The van der Waals surface area contributed by atoms with Crippen LogP contribution in [0.25, 0.3) is 11.1 Å². The number of likely N-dealkylation sites (tertiary alicyclic amines) is 1. The summed E-state index contributed by atoms with van der Waals surface area (Å²) in [7, 11) is 0. The van der Waals surface area contributed by atoms with Crippen LogP contribution in [0.4, 0.5) is 0 Å². The van der Waals surface area contributed by atoms with E-state index in [9.17, 15) is 4.79 Å². The average molecular weight is 394 g/mol. The summed E-state index contributed by atoms with van der Waals surface area (Å²) in [6.07, 6.45) is 7.85. The maximum Gasteiger partial charge on any atom is 0.257 e. The first-order chi connectivity index (χ1) is 13.6. The molecule has 3 aromatic heterocycles. The number of pyridine rings is 2. The average Bonchev–Trinajstić information content (AvgIpc) is 2.65. The van der Waals surface area contributed by atoms with Gasteiger partial charge in [0.15, 0.2) is 0 Å². The van der Waals surface area contributed by atoms with Crippen LogP contribution < -0.4 is 0 Å². The predicted molar refractivity (Wildman–Crippen MR) is 107 cm³/mol. The second kappa shape index (κ2) is 8.02. The molecule has 0 unspecified atom stereocenters. The van der Waals surface area contributed by atoms with E-state index in [4.69, 9.17) is 11.6 Å². The smallest absolute Gasteiger partial charge is 0.257 e. The molecule has 0 aromatic carbocycles. The second-order valence-corrected chi connectivity index (χ2v) is 7.20. The zero-order chi connectivity index (χ0) is 19.5. The van der Waals surface area contributed by atoms with Gasteiger partial charge in [-0.25, -0.2) is 15.0 Å². The Bertz CT molecular complexity index is 1020. The number of rotatable bonds is 5. The van der Waals surface area contributed by atoms with Crippen molar-refractivity contribution in [3.05, 3.63) is 70.8 Å². The van der Waals surface area contributed by atoms with Gasteiger partial charge in [0.25, 0.3) is 5.91 Å². The number of aryl methyl sites for hydroxylation is 3. The molecule has 0 N–H and O–H groups in total. The summed E-state index contributed by atoms with van der Waals surface area (Å²) >= 11 is 6.18. The Morgan fingerprint density at radius 1 is 1.04 bits per heavy atom. The van der Waals surface area contributed by atoms with Crippen LogP contribution in [0.15, 0.2) is 42.9 Å². The summed E-state index contributed by atoms with van der Waals surface area (Å²) in [5, 5.41) is 0.245. The molecule has 1 aliphatic rings. The third-order valence-corrected chi connectivity index (χ3v) is 5.13. The Labute approximate surface area is 168 Å². The lowest BCUT2D eigenvalue weighted by Crippen LogP contribution is -2.42. The van der Waals surface area contributed by atoms with Gasteiger partial charge in [0, 0.05) is 48.6 Å². The summed E-state index contributed by atoms with van der Waals surface area (Å²) in [5.74, 6) is 0.713. The number of halogens is 1. The quantitative estimate of drug-likeness (QED) is 0.620. The highest BCUT2D eigenvalue weighted by Crippen LogP contribution is 2.26. The second-order valence-electron chi connectivity index (χ2n) is 6.84. The number of carbonyl (C=O) groups is 1. The van der Waals surface area contributed by atoms with E-state index in [1.54, 1.807) is 23.5 Å². The molecule has 0 atom stereocenters. The van der Waals surface area contributed by atoms with Gasteiger partial charge < -0.3 is 4.90 Å². The molecule has 0 bridgehead atoms. The van der Waals surface area contributed by atoms with E-state index in [2.05, 4.69) is 19.9 Å². The highest BCUT2D eigenvalue weighted by molar-refractivity contribution is 6.32. The fourth-order valence-electron chi connectivity index (χ4n) is 3.14. The summed E-state index contributed by atoms with van der Waals surface area (Å²) < 4.78 is 0. The fraction of sp³-hybridized carbons (Fsp3) is 0.286. The topological polar surface area (TPSA) is 71.9 Å². The molecule has 0 radical (unpaired) electrons. The van der Waals surface area contributed by atoms with E-state index in [1.807, 2.05) is 31.2 Å². The van der Waals surface area contributed by atoms with Gasteiger partial charge in [-0.3, -0.25) is 9.78 Å². The van der Waals surface area contributed by atoms with Crippen molar-refractivity contribution >= 4 is 17.5 Å². The van der Waals surface area contributed by atoms with Crippen molar-refractivity contribution in [2.24, 2.45) is 0 Å². The summed E-state index contributed by atoms with van der Waals surface area (Å²) in [6.45, 7) is 3.44. The van der Waals surface area contributed by atoms with Crippen LogP contribution in [0.3, 0.4) is 0 Å². The molecule has 1 amide bonds. The van der Waals surface area contributed by atoms with Crippen molar-refractivity contribution in [3.8, 4) is 11.1 Å². The number of hydrogen-bond acceptors (Lipinski definition) is 5. The lowest BCUT2D eigenvalue weighted by molar-refractivity contribution is 0.0651. The van der Waals surface area contributed by atoms with Gasteiger partial charge in [-0.15, -0.1) is 0 Å². The van der Waals surface area contributed by atoms with Crippen LogP contribution in [0.1, 0.15) is 34.0 Å². The van der Waals surface area contributed by atoms with E-state index in [1.165, 1.54) is 0 Å². The van der Waals surface area contributed by atoms with Gasteiger partial charge in [0.1, 0.15) is 11.0 Å². The van der Waals surface area contributed by atoms with Crippen LogP contribution in [-0.4, -0.2) is 43.8 Å². The van der Waals surface area contributed by atoms with Crippen molar-refractivity contribution in [1.29, 1.82) is 0 Å². The van der Waals surface area contributed by atoms with Crippen molar-refractivity contribution in [1.82, 2.24) is 24.8 Å². The number of hydrogen-bond donors (Lipinski definition) is 0. The van der Waals surface area contributed by atoms with Gasteiger partial charge in [-0.1, -0.05) is 11.6 Å². The van der Waals surface area contributed by atoms with Crippen molar-refractivity contribution in [2.75, 3.05) is 13.1 Å². The fourth-order valence-corrected chi connectivity index (χ4v) is 3.32. The molecule has 4 rings (SSSR count). The van der Waals surface area contributed by atoms with E-state index >= 15 is 0 Å².